The molecule has 0 aliphatic carbocycles. The zero-order valence-electron chi connectivity index (χ0n) is 11.6. The molecule has 2 N–H and O–H groups in total. The first kappa shape index (κ1) is 15.5. The van der Waals surface area contributed by atoms with Gasteiger partial charge in [0.2, 0.25) is 5.91 Å². The molecular formula is C14H22N2O3. The summed E-state index contributed by atoms with van der Waals surface area (Å²) < 4.78 is 5.03. The van der Waals surface area contributed by atoms with Crippen molar-refractivity contribution in [2.45, 2.75) is 13.8 Å². The largest absolute Gasteiger partial charge is 0.395 e. The predicted molar refractivity (Wildman–Crippen MR) is 76.5 cm³/mol. The molecule has 0 fully saturated rings. The van der Waals surface area contributed by atoms with E-state index in [1.54, 1.807) is 0 Å². The van der Waals surface area contributed by atoms with E-state index >= 15 is 0 Å². The molecule has 1 amide bonds. The maximum absolute atomic E-state index is 11.5. The second kappa shape index (κ2) is 8.50. The molecule has 19 heavy (non-hydrogen) atoms. The van der Waals surface area contributed by atoms with Crippen LogP contribution in [-0.2, 0) is 9.53 Å². The fraction of sp³-hybridized carbons (Fsp3) is 0.500. The number of aliphatic hydroxyl groups excluding tert-OH is 1. The van der Waals surface area contributed by atoms with E-state index in [1.165, 1.54) is 0 Å². The Kier molecular flexibility index (Phi) is 6.92. The van der Waals surface area contributed by atoms with Gasteiger partial charge in [-0.15, -0.1) is 0 Å². The van der Waals surface area contributed by atoms with Crippen LogP contribution in [0.3, 0.4) is 0 Å². The van der Waals surface area contributed by atoms with Crippen molar-refractivity contribution >= 4 is 17.3 Å². The first-order chi connectivity index (χ1) is 9.21. The van der Waals surface area contributed by atoms with Gasteiger partial charge in [-0.2, -0.15) is 0 Å². The topological polar surface area (TPSA) is 61.8 Å². The first-order valence-corrected chi connectivity index (χ1v) is 6.54. The molecule has 0 atom stereocenters. The number of hydrogen-bond donors (Lipinski definition) is 2. The van der Waals surface area contributed by atoms with E-state index in [0.29, 0.717) is 13.2 Å². The van der Waals surface area contributed by atoms with E-state index in [-0.39, 0.29) is 19.1 Å². The molecule has 0 radical (unpaired) electrons. The van der Waals surface area contributed by atoms with E-state index in [9.17, 15) is 4.79 Å². The van der Waals surface area contributed by atoms with E-state index in [0.717, 1.165) is 17.9 Å². The minimum absolute atomic E-state index is 0.0733. The highest BCUT2D eigenvalue weighted by Gasteiger charge is 2.05. The number of carbonyl (C=O) groups is 1. The van der Waals surface area contributed by atoms with Crippen LogP contribution in [0.5, 0.6) is 0 Å². The number of anilines is 2. The van der Waals surface area contributed by atoms with Gasteiger partial charge in [-0.25, -0.2) is 0 Å². The fourth-order valence-electron chi connectivity index (χ4n) is 1.74. The van der Waals surface area contributed by atoms with Crippen molar-refractivity contribution in [3.05, 3.63) is 24.3 Å². The van der Waals surface area contributed by atoms with Crippen molar-refractivity contribution in [3.63, 3.8) is 0 Å². The van der Waals surface area contributed by atoms with Gasteiger partial charge in [0, 0.05) is 31.1 Å². The summed E-state index contributed by atoms with van der Waals surface area (Å²) in [5.41, 5.74) is 1.77. The Bertz CT molecular complexity index is 379. The van der Waals surface area contributed by atoms with Crippen LogP contribution in [-0.4, -0.2) is 43.9 Å². The Morgan fingerprint density at radius 3 is 2.53 bits per heavy atom. The molecule has 0 saturated carbocycles. The third kappa shape index (κ3) is 5.28. The molecule has 0 aromatic heterocycles. The molecule has 5 nitrogen and oxygen atoms in total. The third-order valence-electron chi connectivity index (χ3n) is 2.71. The van der Waals surface area contributed by atoms with Crippen molar-refractivity contribution < 1.29 is 14.6 Å². The van der Waals surface area contributed by atoms with Gasteiger partial charge in [0.05, 0.1) is 6.61 Å². The third-order valence-corrected chi connectivity index (χ3v) is 2.71. The summed E-state index contributed by atoms with van der Waals surface area (Å²) in [6, 6.07) is 7.54. The summed E-state index contributed by atoms with van der Waals surface area (Å²) in [7, 11) is 0. The first-order valence-electron chi connectivity index (χ1n) is 6.54. The summed E-state index contributed by atoms with van der Waals surface area (Å²) in [6.45, 7) is 6.04. The van der Waals surface area contributed by atoms with Gasteiger partial charge in [0.15, 0.2) is 0 Å². The quantitative estimate of drug-likeness (QED) is 0.748. The SMILES string of the molecule is CCOCC(=O)Nc1ccc(N(CC)CCO)cc1. The van der Waals surface area contributed by atoms with Crippen molar-refractivity contribution in [1.82, 2.24) is 0 Å². The molecule has 0 saturated heterocycles. The maximum Gasteiger partial charge on any atom is 0.250 e. The monoisotopic (exact) mass is 266 g/mol. The number of hydrogen-bond acceptors (Lipinski definition) is 4. The molecule has 0 aliphatic heterocycles. The van der Waals surface area contributed by atoms with Crippen LogP contribution in [0.2, 0.25) is 0 Å². The van der Waals surface area contributed by atoms with Gasteiger partial charge in [-0.3, -0.25) is 4.79 Å². The number of nitrogens with zero attached hydrogens (tertiary/aromatic N) is 1. The normalized spacial score (nSPS) is 10.3. The summed E-state index contributed by atoms with van der Waals surface area (Å²) in [4.78, 5) is 13.5. The number of nitrogens with one attached hydrogen (secondary N) is 1. The van der Waals surface area contributed by atoms with Crippen molar-refractivity contribution in [2.24, 2.45) is 0 Å². The molecule has 1 aromatic carbocycles. The average Bonchev–Trinajstić information content (AvgIpc) is 2.43. The molecule has 0 aliphatic rings. The van der Waals surface area contributed by atoms with E-state index in [2.05, 4.69) is 10.2 Å². The van der Waals surface area contributed by atoms with Crippen LogP contribution in [0.25, 0.3) is 0 Å². The lowest BCUT2D eigenvalue weighted by Gasteiger charge is -2.22. The molecule has 0 bridgehead atoms. The van der Waals surface area contributed by atoms with Gasteiger partial charge in [-0.1, -0.05) is 0 Å². The van der Waals surface area contributed by atoms with Gasteiger partial charge < -0.3 is 20.1 Å². The van der Waals surface area contributed by atoms with Crippen molar-refractivity contribution in [3.8, 4) is 0 Å². The van der Waals surface area contributed by atoms with Crippen LogP contribution < -0.4 is 10.2 Å². The Morgan fingerprint density at radius 2 is 2.00 bits per heavy atom. The van der Waals surface area contributed by atoms with Gasteiger partial charge in [-0.05, 0) is 38.1 Å². The summed E-state index contributed by atoms with van der Waals surface area (Å²) in [5.74, 6) is -0.155. The zero-order chi connectivity index (χ0) is 14.1. The Balaban J connectivity index is 2.58. The van der Waals surface area contributed by atoms with Gasteiger partial charge >= 0.3 is 0 Å². The highest BCUT2D eigenvalue weighted by Crippen LogP contribution is 2.17. The average molecular weight is 266 g/mol. The molecule has 5 heteroatoms. The number of aliphatic hydroxyl groups is 1. The number of ether oxygens (including phenoxy) is 1. The standard InChI is InChI=1S/C14H22N2O3/c1-3-16(9-10-17)13-7-5-12(6-8-13)15-14(18)11-19-4-2/h5-8,17H,3-4,9-11H2,1-2H3,(H,15,18). The Hall–Kier alpha value is -1.59. The van der Waals surface area contributed by atoms with E-state index in [4.69, 9.17) is 9.84 Å². The van der Waals surface area contributed by atoms with E-state index < -0.39 is 0 Å². The maximum atomic E-state index is 11.5. The highest BCUT2D eigenvalue weighted by atomic mass is 16.5. The second-order valence-electron chi connectivity index (χ2n) is 4.04. The lowest BCUT2D eigenvalue weighted by Crippen LogP contribution is -2.26. The fourth-order valence-corrected chi connectivity index (χ4v) is 1.74. The lowest BCUT2D eigenvalue weighted by molar-refractivity contribution is -0.120. The molecule has 1 aromatic rings. The lowest BCUT2D eigenvalue weighted by atomic mass is 10.2. The number of amides is 1. The van der Waals surface area contributed by atoms with Crippen molar-refractivity contribution in [2.75, 3.05) is 43.1 Å². The van der Waals surface area contributed by atoms with Crippen LogP contribution >= 0.6 is 0 Å². The van der Waals surface area contributed by atoms with Crippen LogP contribution in [0.1, 0.15) is 13.8 Å². The van der Waals surface area contributed by atoms with Crippen LogP contribution in [0.15, 0.2) is 24.3 Å². The smallest absolute Gasteiger partial charge is 0.250 e. The van der Waals surface area contributed by atoms with Crippen LogP contribution in [0.4, 0.5) is 11.4 Å². The minimum atomic E-state index is -0.155. The molecule has 0 unspecified atom stereocenters. The minimum Gasteiger partial charge on any atom is -0.395 e. The highest BCUT2D eigenvalue weighted by molar-refractivity contribution is 5.91. The van der Waals surface area contributed by atoms with Crippen LogP contribution in [0, 0.1) is 0 Å². The second-order valence-corrected chi connectivity index (χ2v) is 4.04. The molecule has 0 spiro atoms. The Morgan fingerprint density at radius 1 is 1.32 bits per heavy atom. The van der Waals surface area contributed by atoms with E-state index in [1.807, 2.05) is 38.1 Å². The summed E-state index contributed by atoms with van der Waals surface area (Å²) in [6.07, 6.45) is 0. The van der Waals surface area contributed by atoms with Gasteiger partial charge in [0.1, 0.15) is 6.61 Å². The summed E-state index contributed by atoms with van der Waals surface area (Å²) in [5, 5.41) is 11.7. The number of benzene rings is 1. The molecule has 0 heterocycles. The molecule has 1 rings (SSSR count). The summed E-state index contributed by atoms with van der Waals surface area (Å²) >= 11 is 0. The zero-order valence-corrected chi connectivity index (χ0v) is 11.6. The van der Waals surface area contributed by atoms with Gasteiger partial charge in [0.25, 0.3) is 0 Å². The number of rotatable bonds is 8. The number of carbonyl (C=O) groups excluding carboxylic acids is 1. The molecular weight excluding hydrogens is 244 g/mol. The number of likely N-dealkylation sites (N-methyl/N-ethyl adjacent to an activating group) is 1. The Labute approximate surface area is 114 Å². The predicted octanol–water partition coefficient (Wildman–Crippen LogP) is 1.48. The van der Waals surface area contributed by atoms with Crippen molar-refractivity contribution in [1.29, 1.82) is 0 Å². The molecule has 106 valence electrons.